The first-order valence-corrected chi connectivity index (χ1v) is 9.90. The number of benzene rings is 1. The van der Waals surface area contributed by atoms with Gasteiger partial charge in [0.2, 0.25) is 5.91 Å². The standard InChI is InChI=1S/C17H26N2O5S/c1-13(2)11-19(10-9-17(21)24-3)12-16(20)18-14-5-7-15(8-6-14)25(4,22)23/h5-8,13H,9-12H2,1-4H3,(H,18,20). The molecule has 25 heavy (non-hydrogen) atoms. The lowest BCUT2D eigenvalue weighted by Crippen LogP contribution is -2.37. The number of carbonyl (C=O) groups is 2. The van der Waals surface area contributed by atoms with E-state index < -0.39 is 9.84 Å². The van der Waals surface area contributed by atoms with Gasteiger partial charge in [-0.25, -0.2) is 8.42 Å². The summed E-state index contributed by atoms with van der Waals surface area (Å²) in [5, 5.41) is 2.73. The lowest BCUT2D eigenvalue weighted by molar-refractivity contribution is -0.141. The van der Waals surface area contributed by atoms with E-state index >= 15 is 0 Å². The Morgan fingerprint density at radius 1 is 1.20 bits per heavy atom. The maximum absolute atomic E-state index is 12.2. The Morgan fingerprint density at radius 2 is 1.80 bits per heavy atom. The van der Waals surface area contributed by atoms with E-state index in [1.54, 1.807) is 12.1 Å². The van der Waals surface area contributed by atoms with Crippen LogP contribution in [0.15, 0.2) is 29.2 Å². The molecular formula is C17H26N2O5S. The van der Waals surface area contributed by atoms with Gasteiger partial charge < -0.3 is 10.1 Å². The fourth-order valence-electron chi connectivity index (χ4n) is 2.29. The van der Waals surface area contributed by atoms with Crippen molar-refractivity contribution in [3.8, 4) is 0 Å². The second-order valence-electron chi connectivity index (χ2n) is 6.30. The van der Waals surface area contributed by atoms with Crippen LogP contribution in [0.1, 0.15) is 20.3 Å². The van der Waals surface area contributed by atoms with E-state index in [1.165, 1.54) is 19.2 Å². The van der Waals surface area contributed by atoms with Crippen molar-refractivity contribution in [3.05, 3.63) is 24.3 Å². The van der Waals surface area contributed by atoms with Gasteiger partial charge in [-0.2, -0.15) is 0 Å². The number of esters is 1. The first-order chi connectivity index (χ1) is 11.6. The molecule has 0 unspecified atom stereocenters. The third kappa shape index (κ3) is 8.13. The number of nitrogens with zero attached hydrogens (tertiary/aromatic N) is 1. The van der Waals surface area contributed by atoms with Gasteiger partial charge in [0, 0.05) is 25.0 Å². The van der Waals surface area contributed by atoms with Gasteiger partial charge in [-0.3, -0.25) is 14.5 Å². The number of hydrogen-bond acceptors (Lipinski definition) is 6. The summed E-state index contributed by atoms with van der Waals surface area (Å²) in [5.41, 5.74) is 0.523. The first kappa shape index (κ1) is 21.1. The average Bonchev–Trinajstić information content (AvgIpc) is 2.51. The minimum Gasteiger partial charge on any atom is -0.469 e. The molecule has 1 amide bonds. The smallest absolute Gasteiger partial charge is 0.306 e. The molecule has 0 heterocycles. The van der Waals surface area contributed by atoms with Crippen LogP contribution in [0.3, 0.4) is 0 Å². The zero-order valence-corrected chi connectivity index (χ0v) is 15.9. The molecule has 0 bridgehead atoms. The Kier molecular flexibility index (Phi) is 8.05. The third-order valence-corrected chi connectivity index (χ3v) is 4.55. The molecule has 0 aliphatic carbocycles. The average molecular weight is 370 g/mol. The topological polar surface area (TPSA) is 92.8 Å². The summed E-state index contributed by atoms with van der Waals surface area (Å²) in [4.78, 5) is 25.6. The number of hydrogen-bond donors (Lipinski definition) is 1. The van der Waals surface area contributed by atoms with Crippen LogP contribution in [0.5, 0.6) is 0 Å². The van der Waals surface area contributed by atoms with Crippen LogP contribution in [0.2, 0.25) is 0 Å². The summed E-state index contributed by atoms with van der Waals surface area (Å²) < 4.78 is 27.5. The van der Waals surface area contributed by atoms with E-state index in [0.29, 0.717) is 24.7 Å². The van der Waals surface area contributed by atoms with Crippen LogP contribution in [0.4, 0.5) is 5.69 Å². The van der Waals surface area contributed by atoms with Crippen molar-refractivity contribution in [2.75, 3.05) is 38.3 Å². The Bertz CT molecular complexity index is 683. The molecule has 0 aliphatic rings. The van der Waals surface area contributed by atoms with E-state index in [-0.39, 0.29) is 29.7 Å². The Hall–Kier alpha value is -1.93. The molecule has 1 aromatic carbocycles. The van der Waals surface area contributed by atoms with Crippen LogP contribution in [0, 0.1) is 5.92 Å². The largest absolute Gasteiger partial charge is 0.469 e. The SMILES string of the molecule is COC(=O)CCN(CC(=O)Nc1ccc(S(C)(=O)=O)cc1)CC(C)C. The van der Waals surface area contributed by atoms with E-state index in [1.807, 2.05) is 18.7 Å². The summed E-state index contributed by atoms with van der Waals surface area (Å²) in [5.74, 6) is -0.192. The summed E-state index contributed by atoms with van der Waals surface area (Å²) in [6.07, 6.45) is 1.35. The second kappa shape index (κ2) is 9.53. The van der Waals surface area contributed by atoms with Crippen molar-refractivity contribution < 1.29 is 22.7 Å². The zero-order chi connectivity index (χ0) is 19.0. The van der Waals surface area contributed by atoms with Crippen LogP contribution >= 0.6 is 0 Å². The van der Waals surface area contributed by atoms with Gasteiger partial charge in [-0.1, -0.05) is 13.8 Å². The molecule has 1 aromatic rings. The molecule has 0 radical (unpaired) electrons. The molecule has 0 saturated heterocycles. The van der Waals surface area contributed by atoms with E-state index in [2.05, 4.69) is 10.1 Å². The maximum Gasteiger partial charge on any atom is 0.306 e. The van der Waals surface area contributed by atoms with Crippen molar-refractivity contribution in [2.45, 2.75) is 25.2 Å². The van der Waals surface area contributed by atoms with Crippen LogP contribution in [0.25, 0.3) is 0 Å². The second-order valence-corrected chi connectivity index (χ2v) is 8.32. The van der Waals surface area contributed by atoms with E-state index in [0.717, 1.165) is 6.26 Å². The van der Waals surface area contributed by atoms with Crippen LogP contribution < -0.4 is 5.32 Å². The molecule has 0 spiro atoms. The molecule has 7 nitrogen and oxygen atoms in total. The van der Waals surface area contributed by atoms with E-state index in [4.69, 9.17) is 0 Å². The number of anilines is 1. The molecule has 1 N–H and O–H groups in total. The highest BCUT2D eigenvalue weighted by molar-refractivity contribution is 7.90. The van der Waals surface area contributed by atoms with Gasteiger partial charge in [0.1, 0.15) is 0 Å². The van der Waals surface area contributed by atoms with Crippen LogP contribution in [-0.4, -0.2) is 58.2 Å². The number of ether oxygens (including phenoxy) is 1. The van der Waals surface area contributed by atoms with Crippen molar-refractivity contribution >= 4 is 27.4 Å². The first-order valence-electron chi connectivity index (χ1n) is 8.01. The van der Waals surface area contributed by atoms with E-state index in [9.17, 15) is 18.0 Å². The molecule has 0 saturated carbocycles. The Balaban J connectivity index is 2.65. The fourth-order valence-corrected chi connectivity index (χ4v) is 2.92. The minimum atomic E-state index is -3.26. The van der Waals surface area contributed by atoms with Crippen molar-refractivity contribution in [2.24, 2.45) is 5.92 Å². The number of rotatable bonds is 9. The normalized spacial score (nSPS) is 11.6. The monoisotopic (exact) mass is 370 g/mol. The van der Waals surface area contributed by atoms with Gasteiger partial charge in [0.15, 0.2) is 9.84 Å². The highest BCUT2D eigenvalue weighted by Gasteiger charge is 2.15. The predicted octanol–water partition coefficient (Wildman–Crippen LogP) is 1.55. The molecule has 0 aliphatic heterocycles. The third-order valence-electron chi connectivity index (χ3n) is 3.42. The molecule has 0 aromatic heterocycles. The number of nitrogens with one attached hydrogen (secondary N) is 1. The predicted molar refractivity (Wildman–Crippen MR) is 96.1 cm³/mol. The molecular weight excluding hydrogens is 344 g/mol. The quantitative estimate of drug-likeness (QED) is 0.663. The molecule has 0 fully saturated rings. The molecule has 0 atom stereocenters. The minimum absolute atomic E-state index is 0.142. The highest BCUT2D eigenvalue weighted by atomic mass is 32.2. The summed E-state index contributed by atoms with van der Waals surface area (Å²) in [6.45, 7) is 5.33. The highest BCUT2D eigenvalue weighted by Crippen LogP contribution is 2.14. The fraction of sp³-hybridized carbons (Fsp3) is 0.529. The molecule has 140 valence electrons. The summed E-state index contributed by atoms with van der Waals surface area (Å²) in [7, 11) is -1.93. The molecule has 8 heteroatoms. The number of methoxy groups -OCH3 is 1. The van der Waals surface area contributed by atoms with Gasteiger partial charge in [-0.05, 0) is 30.2 Å². The number of carbonyl (C=O) groups excluding carboxylic acids is 2. The summed E-state index contributed by atoms with van der Waals surface area (Å²) >= 11 is 0. The van der Waals surface area contributed by atoms with Crippen LogP contribution in [-0.2, 0) is 24.2 Å². The zero-order valence-electron chi connectivity index (χ0n) is 15.1. The number of sulfone groups is 1. The van der Waals surface area contributed by atoms with Gasteiger partial charge in [0.25, 0.3) is 0 Å². The van der Waals surface area contributed by atoms with Crippen molar-refractivity contribution in [3.63, 3.8) is 0 Å². The van der Waals surface area contributed by atoms with Gasteiger partial charge in [-0.15, -0.1) is 0 Å². The van der Waals surface area contributed by atoms with Gasteiger partial charge in [0.05, 0.1) is 25.0 Å². The summed E-state index contributed by atoms with van der Waals surface area (Å²) in [6, 6.07) is 6.01. The Labute approximate surface area is 149 Å². The lowest BCUT2D eigenvalue weighted by Gasteiger charge is -2.23. The molecule has 1 rings (SSSR count). The number of amides is 1. The van der Waals surface area contributed by atoms with Crippen molar-refractivity contribution in [1.29, 1.82) is 0 Å². The van der Waals surface area contributed by atoms with Gasteiger partial charge >= 0.3 is 5.97 Å². The van der Waals surface area contributed by atoms with Crippen molar-refractivity contribution in [1.82, 2.24) is 4.90 Å². The maximum atomic E-state index is 12.2. The Morgan fingerprint density at radius 3 is 2.28 bits per heavy atom. The lowest BCUT2D eigenvalue weighted by atomic mass is 10.2.